The minimum absolute atomic E-state index is 0.0146. The second-order valence-corrected chi connectivity index (χ2v) is 15.8. The Balaban J connectivity index is 1.48. The monoisotopic (exact) mass is 618 g/mol. The number of hydrogen-bond donors (Lipinski definition) is 2. The standard InChI is InChI=1S/C32H36BrN4O2P/c1-32(2,3)24-18-28(39-4)27(17-23(24)21-12-13-21)36-31-34-19-25(33)30(37-31)35-26-15-14-22(16-29(26)40(5,6)38)20-10-8-7-9-11-20/h7-11,14-19,21H,12-13H2,1-6H3,(H2,34,35,36,37). The predicted octanol–water partition coefficient (Wildman–Crippen LogP) is 8.82. The largest absolute Gasteiger partial charge is 0.495 e. The van der Waals surface area contributed by atoms with Crippen LogP contribution in [0.25, 0.3) is 11.1 Å². The Bertz CT molecular complexity index is 1590. The molecule has 2 N–H and O–H groups in total. The van der Waals surface area contributed by atoms with Crippen LogP contribution in [-0.2, 0) is 9.98 Å². The molecule has 0 saturated heterocycles. The highest BCUT2D eigenvalue weighted by Crippen LogP contribution is 2.48. The Kier molecular flexibility index (Phi) is 7.82. The van der Waals surface area contributed by atoms with E-state index in [4.69, 9.17) is 9.72 Å². The summed E-state index contributed by atoms with van der Waals surface area (Å²) in [7, 11) is -0.925. The van der Waals surface area contributed by atoms with Gasteiger partial charge < -0.3 is 19.9 Å². The molecule has 8 heteroatoms. The van der Waals surface area contributed by atoms with Gasteiger partial charge in [0.05, 0.1) is 23.0 Å². The normalized spacial score (nSPS) is 13.7. The second kappa shape index (κ2) is 11.0. The van der Waals surface area contributed by atoms with Crippen molar-refractivity contribution in [3.05, 3.63) is 82.5 Å². The van der Waals surface area contributed by atoms with Gasteiger partial charge in [-0.15, -0.1) is 0 Å². The van der Waals surface area contributed by atoms with Crippen LogP contribution in [-0.4, -0.2) is 30.4 Å². The van der Waals surface area contributed by atoms with E-state index in [-0.39, 0.29) is 5.41 Å². The number of aromatic nitrogens is 2. The van der Waals surface area contributed by atoms with Gasteiger partial charge in [-0.05, 0) is 100.0 Å². The van der Waals surface area contributed by atoms with Gasteiger partial charge >= 0.3 is 0 Å². The van der Waals surface area contributed by atoms with Crippen molar-refractivity contribution in [2.24, 2.45) is 0 Å². The van der Waals surface area contributed by atoms with Gasteiger partial charge in [-0.3, -0.25) is 0 Å². The Morgan fingerprint density at radius 2 is 1.68 bits per heavy atom. The van der Waals surface area contributed by atoms with Gasteiger partial charge in [-0.1, -0.05) is 57.2 Å². The van der Waals surface area contributed by atoms with E-state index in [0.717, 1.165) is 33.6 Å². The lowest BCUT2D eigenvalue weighted by atomic mass is 9.82. The summed E-state index contributed by atoms with van der Waals surface area (Å²) in [6.07, 6.45) is 4.13. The fourth-order valence-corrected chi connectivity index (χ4v) is 6.35. The number of methoxy groups -OCH3 is 1. The van der Waals surface area contributed by atoms with Gasteiger partial charge in [-0.25, -0.2) is 4.98 Å². The summed E-state index contributed by atoms with van der Waals surface area (Å²) in [4.78, 5) is 9.30. The molecule has 1 heterocycles. The fraction of sp³-hybridized carbons (Fsp3) is 0.312. The number of rotatable bonds is 8. The summed E-state index contributed by atoms with van der Waals surface area (Å²) in [6, 6.07) is 20.5. The Morgan fingerprint density at radius 3 is 2.30 bits per heavy atom. The van der Waals surface area contributed by atoms with Crippen molar-refractivity contribution in [3.8, 4) is 16.9 Å². The highest BCUT2D eigenvalue weighted by molar-refractivity contribution is 9.10. The zero-order chi connectivity index (χ0) is 28.7. The van der Waals surface area contributed by atoms with Crippen LogP contribution >= 0.6 is 23.1 Å². The molecular weight excluding hydrogens is 583 g/mol. The quantitative estimate of drug-likeness (QED) is 0.192. The van der Waals surface area contributed by atoms with Gasteiger partial charge in [0, 0.05) is 11.5 Å². The minimum Gasteiger partial charge on any atom is -0.495 e. The molecule has 0 atom stereocenters. The number of nitrogens with one attached hydrogen (secondary N) is 2. The SMILES string of the molecule is COc1cc(C(C)(C)C)c(C2CC2)cc1Nc1ncc(Br)c(Nc2ccc(-c3ccccc3)cc2P(C)(C)=O)n1. The zero-order valence-electron chi connectivity index (χ0n) is 23.9. The predicted molar refractivity (Wildman–Crippen MR) is 171 cm³/mol. The van der Waals surface area contributed by atoms with E-state index in [1.54, 1.807) is 26.6 Å². The van der Waals surface area contributed by atoms with E-state index < -0.39 is 7.14 Å². The molecule has 0 amide bonds. The lowest BCUT2D eigenvalue weighted by Crippen LogP contribution is -2.15. The number of anilines is 4. The van der Waals surface area contributed by atoms with Crippen LogP contribution in [0, 0.1) is 0 Å². The smallest absolute Gasteiger partial charge is 0.229 e. The Labute approximate surface area is 245 Å². The molecule has 4 aromatic rings. The molecule has 0 spiro atoms. The Morgan fingerprint density at radius 1 is 0.950 bits per heavy atom. The van der Waals surface area contributed by atoms with Crippen LogP contribution in [0.1, 0.15) is 50.7 Å². The average molecular weight is 620 g/mol. The fourth-order valence-electron chi connectivity index (χ4n) is 4.90. The molecule has 1 fully saturated rings. The molecule has 40 heavy (non-hydrogen) atoms. The average Bonchev–Trinajstić information content (AvgIpc) is 3.75. The van der Waals surface area contributed by atoms with Crippen molar-refractivity contribution in [1.82, 2.24) is 9.97 Å². The highest BCUT2D eigenvalue weighted by atomic mass is 79.9. The van der Waals surface area contributed by atoms with Gasteiger partial charge in [0.2, 0.25) is 5.95 Å². The van der Waals surface area contributed by atoms with Crippen molar-refractivity contribution >= 4 is 51.5 Å². The van der Waals surface area contributed by atoms with Crippen molar-refractivity contribution in [2.75, 3.05) is 31.1 Å². The van der Waals surface area contributed by atoms with Gasteiger partial charge in [0.25, 0.3) is 0 Å². The van der Waals surface area contributed by atoms with Crippen LogP contribution in [0.15, 0.2) is 71.3 Å². The van der Waals surface area contributed by atoms with Crippen LogP contribution in [0.3, 0.4) is 0 Å². The summed E-state index contributed by atoms with van der Waals surface area (Å²) in [5, 5.41) is 7.57. The summed E-state index contributed by atoms with van der Waals surface area (Å²) < 4.78 is 19.8. The van der Waals surface area contributed by atoms with Crippen LogP contribution in [0.2, 0.25) is 0 Å². The zero-order valence-corrected chi connectivity index (χ0v) is 26.4. The summed E-state index contributed by atoms with van der Waals surface area (Å²) >= 11 is 3.59. The Hall–Kier alpha value is -3.15. The molecule has 0 bridgehead atoms. The van der Waals surface area contributed by atoms with Crippen LogP contribution in [0.5, 0.6) is 5.75 Å². The van der Waals surface area contributed by atoms with E-state index in [2.05, 4.69) is 76.6 Å². The maximum absolute atomic E-state index is 13.4. The third-order valence-electron chi connectivity index (χ3n) is 7.13. The van der Waals surface area contributed by atoms with Gasteiger partial charge in [0.1, 0.15) is 18.7 Å². The maximum Gasteiger partial charge on any atom is 0.229 e. The molecule has 1 aliphatic rings. The number of hydrogen-bond acceptors (Lipinski definition) is 6. The summed E-state index contributed by atoms with van der Waals surface area (Å²) in [5.41, 5.74) is 6.37. The maximum atomic E-state index is 13.4. The van der Waals surface area contributed by atoms with Crippen molar-refractivity contribution in [2.45, 2.75) is 44.9 Å². The molecular formula is C32H36BrN4O2P. The first kappa shape index (κ1) is 28.4. The first-order chi connectivity index (χ1) is 18.9. The first-order valence-corrected chi connectivity index (χ1v) is 16.9. The number of halogens is 1. The minimum atomic E-state index is -2.61. The lowest BCUT2D eigenvalue weighted by molar-refractivity contribution is 0.414. The van der Waals surface area contributed by atoms with E-state index >= 15 is 0 Å². The van der Waals surface area contributed by atoms with Crippen LogP contribution in [0.4, 0.5) is 23.1 Å². The molecule has 5 rings (SSSR count). The molecule has 3 aromatic carbocycles. The van der Waals surface area contributed by atoms with Crippen molar-refractivity contribution in [1.29, 1.82) is 0 Å². The second-order valence-electron chi connectivity index (χ2n) is 11.8. The molecule has 1 aromatic heterocycles. The van der Waals surface area contributed by atoms with E-state index in [0.29, 0.717) is 22.2 Å². The molecule has 6 nitrogen and oxygen atoms in total. The van der Waals surface area contributed by atoms with Crippen molar-refractivity contribution < 1.29 is 9.30 Å². The van der Waals surface area contributed by atoms with Crippen LogP contribution < -0.4 is 20.7 Å². The molecule has 1 saturated carbocycles. The lowest BCUT2D eigenvalue weighted by Gasteiger charge is -2.25. The summed E-state index contributed by atoms with van der Waals surface area (Å²) in [6.45, 7) is 10.3. The third kappa shape index (κ3) is 6.26. The van der Waals surface area contributed by atoms with E-state index in [1.165, 1.54) is 24.0 Å². The third-order valence-corrected chi connectivity index (χ3v) is 9.24. The highest BCUT2D eigenvalue weighted by Gasteiger charge is 2.31. The van der Waals surface area contributed by atoms with E-state index in [9.17, 15) is 4.57 Å². The van der Waals surface area contributed by atoms with Gasteiger partial charge in [0.15, 0.2) is 0 Å². The van der Waals surface area contributed by atoms with Crippen molar-refractivity contribution in [3.63, 3.8) is 0 Å². The first-order valence-electron chi connectivity index (χ1n) is 13.5. The molecule has 208 valence electrons. The topological polar surface area (TPSA) is 76.1 Å². The molecule has 1 aliphatic carbocycles. The van der Waals surface area contributed by atoms with E-state index in [1.807, 2.05) is 36.4 Å². The number of benzene rings is 3. The summed E-state index contributed by atoms with van der Waals surface area (Å²) in [5.74, 6) is 2.35. The molecule has 0 unspecified atom stereocenters. The van der Waals surface area contributed by atoms with Gasteiger partial charge in [-0.2, -0.15) is 4.98 Å². The number of nitrogens with zero attached hydrogens (tertiary/aromatic N) is 2. The molecule has 0 aliphatic heterocycles. The number of ether oxygens (including phenoxy) is 1. The molecule has 0 radical (unpaired) electrons.